The molecular formula is C16H24N4O2. The lowest BCUT2D eigenvalue weighted by Crippen LogP contribution is -2.45. The molecule has 1 aromatic heterocycles. The Labute approximate surface area is 131 Å². The van der Waals surface area contributed by atoms with Crippen LogP contribution in [0.15, 0.2) is 12.4 Å². The maximum Gasteiger partial charge on any atom is 0.241 e. The van der Waals surface area contributed by atoms with Crippen molar-refractivity contribution < 1.29 is 9.59 Å². The summed E-state index contributed by atoms with van der Waals surface area (Å²) in [5.74, 6) is 1.74. The molecular weight excluding hydrogens is 280 g/mol. The van der Waals surface area contributed by atoms with E-state index in [1.54, 1.807) is 9.80 Å². The van der Waals surface area contributed by atoms with Crippen LogP contribution in [-0.4, -0.2) is 57.8 Å². The van der Waals surface area contributed by atoms with Gasteiger partial charge in [0.05, 0.1) is 6.54 Å². The molecule has 0 N–H and O–H groups in total. The molecule has 1 atom stereocenters. The molecule has 1 saturated heterocycles. The summed E-state index contributed by atoms with van der Waals surface area (Å²) < 4.78 is 2.19. The highest BCUT2D eigenvalue weighted by Gasteiger charge is 2.25. The van der Waals surface area contributed by atoms with Crippen molar-refractivity contribution in [2.75, 3.05) is 26.7 Å². The lowest BCUT2D eigenvalue weighted by Gasteiger charge is -2.31. The van der Waals surface area contributed by atoms with Crippen LogP contribution in [0.1, 0.15) is 31.5 Å². The third-order valence-corrected chi connectivity index (χ3v) is 4.76. The first-order valence-electron chi connectivity index (χ1n) is 8.15. The van der Waals surface area contributed by atoms with E-state index in [9.17, 15) is 9.59 Å². The van der Waals surface area contributed by atoms with Gasteiger partial charge in [0, 0.05) is 51.9 Å². The molecule has 1 aromatic rings. The van der Waals surface area contributed by atoms with Crippen LogP contribution in [0.2, 0.25) is 0 Å². The number of rotatable bonds is 4. The van der Waals surface area contributed by atoms with Crippen LogP contribution < -0.4 is 0 Å². The number of carbonyl (C=O) groups excluding carboxylic acids is 2. The molecule has 0 radical (unpaired) electrons. The summed E-state index contributed by atoms with van der Waals surface area (Å²) in [5, 5.41) is 0. The quantitative estimate of drug-likeness (QED) is 0.831. The maximum absolute atomic E-state index is 12.3. The van der Waals surface area contributed by atoms with Crippen molar-refractivity contribution >= 4 is 11.8 Å². The third kappa shape index (κ3) is 3.31. The predicted molar refractivity (Wildman–Crippen MR) is 82.1 cm³/mol. The Morgan fingerprint density at radius 3 is 3.09 bits per heavy atom. The monoisotopic (exact) mass is 304 g/mol. The maximum atomic E-state index is 12.3. The van der Waals surface area contributed by atoms with Crippen LogP contribution >= 0.6 is 0 Å². The van der Waals surface area contributed by atoms with E-state index >= 15 is 0 Å². The van der Waals surface area contributed by atoms with Crippen molar-refractivity contribution in [3.8, 4) is 0 Å². The number of aryl methyl sites for hydroxylation is 1. The Morgan fingerprint density at radius 1 is 1.41 bits per heavy atom. The van der Waals surface area contributed by atoms with Gasteiger partial charge in [0.15, 0.2) is 0 Å². The number of hydrogen-bond acceptors (Lipinski definition) is 3. The molecule has 0 spiro atoms. The zero-order chi connectivity index (χ0) is 15.5. The number of aromatic nitrogens is 2. The van der Waals surface area contributed by atoms with E-state index < -0.39 is 0 Å². The smallest absolute Gasteiger partial charge is 0.241 e. The first kappa shape index (κ1) is 15.1. The van der Waals surface area contributed by atoms with Gasteiger partial charge in [-0.2, -0.15) is 0 Å². The highest BCUT2D eigenvalue weighted by atomic mass is 16.2. The summed E-state index contributed by atoms with van der Waals surface area (Å²) in [7, 11) is 1.85. The minimum atomic E-state index is 0.0455. The van der Waals surface area contributed by atoms with E-state index in [0.717, 1.165) is 51.1 Å². The van der Waals surface area contributed by atoms with E-state index in [1.165, 1.54) is 0 Å². The topological polar surface area (TPSA) is 58.4 Å². The summed E-state index contributed by atoms with van der Waals surface area (Å²) in [6, 6.07) is 0. The molecule has 0 unspecified atom stereocenters. The standard InChI is InChI=1S/C16H24N4O2/c1-18(16(22)12-20-7-3-2-4-15(20)21)11-13-5-8-19-9-6-17-14(19)10-13/h6,9,13H,2-5,7-8,10-12H2,1H3/t13-/m1/s1. The van der Waals surface area contributed by atoms with Crippen LogP contribution in [0.4, 0.5) is 0 Å². The first-order valence-corrected chi connectivity index (χ1v) is 8.15. The molecule has 2 amide bonds. The number of likely N-dealkylation sites (N-methyl/N-ethyl adjacent to an activating group) is 1. The average Bonchev–Trinajstić information content (AvgIpc) is 2.97. The van der Waals surface area contributed by atoms with Crippen LogP contribution in [0.5, 0.6) is 0 Å². The van der Waals surface area contributed by atoms with Crippen molar-refractivity contribution in [2.24, 2.45) is 5.92 Å². The fraction of sp³-hybridized carbons (Fsp3) is 0.688. The van der Waals surface area contributed by atoms with Crippen LogP contribution in [0.3, 0.4) is 0 Å². The number of piperidine rings is 1. The highest BCUT2D eigenvalue weighted by Crippen LogP contribution is 2.20. The molecule has 1 fully saturated rings. The number of amides is 2. The van der Waals surface area contributed by atoms with Crippen LogP contribution in [-0.2, 0) is 22.6 Å². The lowest BCUT2D eigenvalue weighted by molar-refractivity contribution is -0.141. The second-order valence-corrected chi connectivity index (χ2v) is 6.44. The number of fused-ring (bicyclic) bond motifs is 1. The minimum absolute atomic E-state index is 0.0455. The van der Waals surface area contributed by atoms with Crippen molar-refractivity contribution in [1.29, 1.82) is 0 Å². The second kappa shape index (κ2) is 6.50. The van der Waals surface area contributed by atoms with Gasteiger partial charge in [-0.1, -0.05) is 0 Å². The Balaban J connectivity index is 1.50. The fourth-order valence-electron chi connectivity index (χ4n) is 3.37. The number of imidazole rings is 1. The van der Waals surface area contributed by atoms with Gasteiger partial charge in [0.2, 0.25) is 11.8 Å². The van der Waals surface area contributed by atoms with Gasteiger partial charge in [-0.25, -0.2) is 4.98 Å². The van der Waals surface area contributed by atoms with Crippen molar-refractivity contribution in [3.05, 3.63) is 18.2 Å². The van der Waals surface area contributed by atoms with Gasteiger partial charge in [-0.05, 0) is 25.2 Å². The summed E-state index contributed by atoms with van der Waals surface area (Å²) in [6.45, 7) is 2.68. The van der Waals surface area contributed by atoms with Gasteiger partial charge in [0.25, 0.3) is 0 Å². The molecule has 6 heteroatoms. The number of nitrogens with zero attached hydrogens (tertiary/aromatic N) is 4. The minimum Gasteiger partial charge on any atom is -0.344 e. The zero-order valence-corrected chi connectivity index (χ0v) is 13.2. The number of carbonyl (C=O) groups is 2. The number of hydrogen-bond donors (Lipinski definition) is 0. The predicted octanol–water partition coefficient (Wildman–Crippen LogP) is 0.916. The van der Waals surface area contributed by atoms with Crippen molar-refractivity contribution in [3.63, 3.8) is 0 Å². The van der Waals surface area contributed by atoms with Gasteiger partial charge in [0.1, 0.15) is 5.82 Å². The molecule has 0 saturated carbocycles. The van der Waals surface area contributed by atoms with Gasteiger partial charge in [-0.3, -0.25) is 9.59 Å². The van der Waals surface area contributed by atoms with E-state index in [0.29, 0.717) is 12.3 Å². The number of likely N-dealkylation sites (tertiary alicyclic amines) is 1. The third-order valence-electron chi connectivity index (χ3n) is 4.76. The van der Waals surface area contributed by atoms with Crippen molar-refractivity contribution in [2.45, 2.75) is 38.6 Å². The fourth-order valence-corrected chi connectivity index (χ4v) is 3.37. The Kier molecular flexibility index (Phi) is 4.45. The molecule has 0 aromatic carbocycles. The molecule has 22 heavy (non-hydrogen) atoms. The summed E-state index contributed by atoms with van der Waals surface area (Å²) in [6.07, 6.45) is 8.40. The molecule has 0 aliphatic carbocycles. The van der Waals surface area contributed by atoms with Crippen molar-refractivity contribution in [1.82, 2.24) is 19.4 Å². The Morgan fingerprint density at radius 2 is 2.27 bits per heavy atom. The average molecular weight is 304 g/mol. The summed E-state index contributed by atoms with van der Waals surface area (Å²) in [4.78, 5) is 32.0. The Bertz CT molecular complexity index is 554. The molecule has 3 heterocycles. The second-order valence-electron chi connectivity index (χ2n) is 6.44. The van der Waals surface area contributed by atoms with Crippen LogP contribution in [0, 0.1) is 5.92 Å². The Hall–Kier alpha value is -1.85. The molecule has 2 aliphatic rings. The van der Waals surface area contributed by atoms with Crippen LogP contribution in [0.25, 0.3) is 0 Å². The normalized spacial score (nSPS) is 21.6. The SMILES string of the molecule is CN(C[C@@H]1CCn2ccnc2C1)C(=O)CN1CCCCC1=O. The molecule has 120 valence electrons. The van der Waals surface area contributed by atoms with Gasteiger partial charge in [-0.15, -0.1) is 0 Å². The summed E-state index contributed by atoms with van der Waals surface area (Å²) in [5.41, 5.74) is 0. The van der Waals surface area contributed by atoms with E-state index in [-0.39, 0.29) is 18.4 Å². The first-order chi connectivity index (χ1) is 10.6. The molecule has 0 bridgehead atoms. The molecule has 6 nitrogen and oxygen atoms in total. The van der Waals surface area contributed by atoms with Gasteiger partial charge >= 0.3 is 0 Å². The van der Waals surface area contributed by atoms with E-state index in [1.807, 2.05) is 19.4 Å². The van der Waals surface area contributed by atoms with Gasteiger partial charge < -0.3 is 14.4 Å². The van der Waals surface area contributed by atoms with E-state index in [4.69, 9.17) is 0 Å². The molecule has 3 rings (SSSR count). The largest absolute Gasteiger partial charge is 0.344 e. The molecule has 2 aliphatic heterocycles. The zero-order valence-electron chi connectivity index (χ0n) is 13.2. The summed E-state index contributed by atoms with van der Waals surface area (Å²) >= 11 is 0. The highest BCUT2D eigenvalue weighted by molar-refractivity contribution is 5.85. The lowest BCUT2D eigenvalue weighted by atomic mass is 9.97. The van der Waals surface area contributed by atoms with E-state index in [2.05, 4.69) is 9.55 Å².